The monoisotopic (exact) mass is 295 g/mol. The SMILES string of the molecule is CCNC(c1cccc(OC)c1F)c1c(F)cccc1F. The molecule has 0 aliphatic carbocycles. The zero-order chi connectivity index (χ0) is 15.4. The minimum atomic E-state index is -0.925. The summed E-state index contributed by atoms with van der Waals surface area (Å²) in [6.45, 7) is 2.21. The molecule has 0 saturated carbocycles. The average Bonchev–Trinajstić information content (AvgIpc) is 2.46. The molecule has 0 heterocycles. The molecule has 2 nitrogen and oxygen atoms in total. The Balaban J connectivity index is 2.59. The van der Waals surface area contributed by atoms with Crippen LogP contribution in [-0.4, -0.2) is 13.7 Å². The summed E-state index contributed by atoms with van der Waals surface area (Å²) in [6.07, 6.45) is 0. The molecule has 2 rings (SSSR count). The summed E-state index contributed by atoms with van der Waals surface area (Å²) in [7, 11) is 1.34. The Morgan fingerprint density at radius 3 is 2.24 bits per heavy atom. The number of hydrogen-bond donors (Lipinski definition) is 1. The van der Waals surface area contributed by atoms with E-state index in [0.29, 0.717) is 6.54 Å². The highest BCUT2D eigenvalue weighted by Crippen LogP contribution is 2.31. The zero-order valence-corrected chi connectivity index (χ0v) is 11.8. The summed E-state index contributed by atoms with van der Waals surface area (Å²) < 4.78 is 47.3. The van der Waals surface area contributed by atoms with Crippen molar-refractivity contribution in [3.8, 4) is 5.75 Å². The third-order valence-corrected chi connectivity index (χ3v) is 3.22. The molecular weight excluding hydrogens is 279 g/mol. The molecule has 1 N–H and O–H groups in total. The van der Waals surface area contributed by atoms with Crippen LogP contribution in [0.25, 0.3) is 0 Å². The quantitative estimate of drug-likeness (QED) is 0.905. The normalized spacial score (nSPS) is 12.2. The van der Waals surface area contributed by atoms with Crippen LogP contribution < -0.4 is 10.1 Å². The highest BCUT2D eigenvalue weighted by Gasteiger charge is 2.25. The summed E-state index contributed by atoms with van der Waals surface area (Å²) in [4.78, 5) is 0. The maximum Gasteiger partial charge on any atom is 0.170 e. The number of nitrogens with one attached hydrogen (secondary N) is 1. The third kappa shape index (κ3) is 3.03. The molecule has 0 radical (unpaired) electrons. The lowest BCUT2D eigenvalue weighted by atomic mass is 9.96. The molecule has 1 unspecified atom stereocenters. The number of halogens is 3. The highest BCUT2D eigenvalue weighted by atomic mass is 19.1. The topological polar surface area (TPSA) is 21.3 Å². The van der Waals surface area contributed by atoms with Gasteiger partial charge in [0.15, 0.2) is 11.6 Å². The molecular formula is C16H16F3NO. The van der Waals surface area contributed by atoms with Gasteiger partial charge in [-0.05, 0) is 24.7 Å². The summed E-state index contributed by atoms with van der Waals surface area (Å²) in [5.74, 6) is -2.04. The molecule has 0 aliphatic heterocycles. The largest absolute Gasteiger partial charge is 0.494 e. The molecule has 0 fully saturated rings. The zero-order valence-electron chi connectivity index (χ0n) is 11.8. The maximum absolute atomic E-state index is 14.4. The maximum atomic E-state index is 14.4. The van der Waals surface area contributed by atoms with Crippen molar-refractivity contribution in [2.24, 2.45) is 0 Å². The molecule has 5 heteroatoms. The highest BCUT2D eigenvalue weighted by molar-refractivity contribution is 5.39. The molecule has 2 aromatic rings. The summed E-state index contributed by atoms with van der Waals surface area (Å²) in [6, 6.07) is 7.18. The molecule has 112 valence electrons. The van der Waals surface area contributed by atoms with Crippen LogP contribution in [0.3, 0.4) is 0 Å². The van der Waals surface area contributed by atoms with E-state index in [2.05, 4.69) is 5.32 Å². The van der Waals surface area contributed by atoms with Gasteiger partial charge in [-0.1, -0.05) is 25.1 Å². The first kappa shape index (κ1) is 15.4. The lowest BCUT2D eigenvalue weighted by Crippen LogP contribution is -2.25. The standard InChI is InChI=1S/C16H16F3NO/c1-3-20-16(14-11(17)7-5-8-12(14)18)10-6-4-9-13(21-2)15(10)19/h4-9,16,20H,3H2,1-2H3. The van der Waals surface area contributed by atoms with Gasteiger partial charge >= 0.3 is 0 Å². The third-order valence-electron chi connectivity index (χ3n) is 3.22. The second kappa shape index (κ2) is 6.63. The van der Waals surface area contributed by atoms with E-state index in [-0.39, 0.29) is 16.9 Å². The van der Waals surface area contributed by atoms with Crippen molar-refractivity contribution in [2.75, 3.05) is 13.7 Å². The van der Waals surface area contributed by atoms with Crippen molar-refractivity contribution < 1.29 is 17.9 Å². The predicted octanol–water partition coefficient (Wildman–Crippen LogP) is 3.81. The molecule has 0 amide bonds. The minimum absolute atomic E-state index is 0.0344. The van der Waals surface area contributed by atoms with Gasteiger partial charge in [-0.15, -0.1) is 0 Å². The van der Waals surface area contributed by atoms with Gasteiger partial charge < -0.3 is 10.1 Å². The van der Waals surface area contributed by atoms with E-state index < -0.39 is 23.5 Å². The Morgan fingerprint density at radius 1 is 1.05 bits per heavy atom. The van der Waals surface area contributed by atoms with E-state index in [0.717, 1.165) is 12.1 Å². The van der Waals surface area contributed by atoms with Gasteiger partial charge in [0, 0.05) is 11.1 Å². The summed E-state index contributed by atoms with van der Waals surface area (Å²) >= 11 is 0. The van der Waals surface area contributed by atoms with Crippen LogP contribution >= 0.6 is 0 Å². The molecule has 21 heavy (non-hydrogen) atoms. The van der Waals surface area contributed by atoms with E-state index in [1.165, 1.54) is 25.3 Å². The fraction of sp³-hybridized carbons (Fsp3) is 0.250. The van der Waals surface area contributed by atoms with Crippen LogP contribution in [-0.2, 0) is 0 Å². The van der Waals surface area contributed by atoms with Crippen LogP contribution in [0.5, 0.6) is 5.75 Å². The van der Waals surface area contributed by atoms with Gasteiger partial charge in [0.25, 0.3) is 0 Å². The molecule has 0 aromatic heterocycles. The van der Waals surface area contributed by atoms with Gasteiger partial charge in [0.2, 0.25) is 0 Å². The molecule has 0 aliphatic rings. The number of hydrogen-bond acceptors (Lipinski definition) is 2. The molecule has 2 aromatic carbocycles. The van der Waals surface area contributed by atoms with Crippen LogP contribution in [0.4, 0.5) is 13.2 Å². The fourth-order valence-corrected chi connectivity index (χ4v) is 2.27. The lowest BCUT2D eigenvalue weighted by Gasteiger charge is -2.21. The first-order valence-electron chi connectivity index (χ1n) is 6.59. The summed E-state index contributed by atoms with van der Waals surface area (Å²) in [5, 5.41) is 2.91. The van der Waals surface area contributed by atoms with E-state index in [1.54, 1.807) is 13.0 Å². The fourth-order valence-electron chi connectivity index (χ4n) is 2.27. The van der Waals surface area contributed by atoms with Crippen molar-refractivity contribution in [1.82, 2.24) is 5.32 Å². The Labute approximate surface area is 121 Å². The Kier molecular flexibility index (Phi) is 4.85. The van der Waals surface area contributed by atoms with Crippen molar-refractivity contribution in [2.45, 2.75) is 13.0 Å². The number of ether oxygens (including phenoxy) is 1. The van der Waals surface area contributed by atoms with Gasteiger partial charge in [0.1, 0.15) is 11.6 Å². The van der Waals surface area contributed by atoms with Gasteiger partial charge in [-0.3, -0.25) is 0 Å². The molecule has 1 atom stereocenters. The van der Waals surface area contributed by atoms with Crippen LogP contribution in [0.2, 0.25) is 0 Å². The van der Waals surface area contributed by atoms with E-state index in [4.69, 9.17) is 4.74 Å². The van der Waals surface area contributed by atoms with Crippen molar-refractivity contribution in [1.29, 1.82) is 0 Å². The van der Waals surface area contributed by atoms with E-state index in [1.807, 2.05) is 0 Å². The van der Waals surface area contributed by atoms with Gasteiger partial charge in [-0.2, -0.15) is 0 Å². The number of benzene rings is 2. The minimum Gasteiger partial charge on any atom is -0.494 e. The Morgan fingerprint density at radius 2 is 1.67 bits per heavy atom. The van der Waals surface area contributed by atoms with Crippen LogP contribution in [0, 0.1) is 17.5 Å². The predicted molar refractivity (Wildman–Crippen MR) is 74.8 cm³/mol. The Bertz CT molecular complexity index is 611. The van der Waals surface area contributed by atoms with Crippen LogP contribution in [0.15, 0.2) is 36.4 Å². The van der Waals surface area contributed by atoms with E-state index >= 15 is 0 Å². The first-order valence-corrected chi connectivity index (χ1v) is 6.59. The van der Waals surface area contributed by atoms with Crippen molar-refractivity contribution >= 4 is 0 Å². The Hall–Kier alpha value is -2.01. The van der Waals surface area contributed by atoms with E-state index in [9.17, 15) is 13.2 Å². The number of rotatable bonds is 5. The number of methoxy groups -OCH3 is 1. The van der Waals surface area contributed by atoms with Gasteiger partial charge in [-0.25, -0.2) is 13.2 Å². The van der Waals surface area contributed by atoms with Crippen LogP contribution in [0.1, 0.15) is 24.1 Å². The molecule has 0 saturated heterocycles. The second-order valence-electron chi connectivity index (χ2n) is 4.49. The van der Waals surface area contributed by atoms with Gasteiger partial charge in [0.05, 0.1) is 13.2 Å². The second-order valence-corrected chi connectivity index (χ2v) is 4.49. The summed E-state index contributed by atoms with van der Waals surface area (Å²) in [5.41, 5.74) is -0.0632. The smallest absolute Gasteiger partial charge is 0.170 e. The lowest BCUT2D eigenvalue weighted by molar-refractivity contribution is 0.380. The van der Waals surface area contributed by atoms with Crippen molar-refractivity contribution in [3.63, 3.8) is 0 Å². The molecule has 0 bridgehead atoms. The first-order chi connectivity index (χ1) is 10.1. The average molecular weight is 295 g/mol. The van der Waals surface area contributed by atoms with Crippen molar-refractivity contribution in [3.05, 3.63) is 65.0 Å². The molecule has 0 spiro atoms.